The Kier molecular flexibility index (Phi) is 2.69. The maximum absolute atomic E-state index is 6.88. The fourth-order valence-corrected chi connectivity index (χ4v) is 1.54. The number of aromatic nitrogens is 2. The molecule has 0 aliphatic carbocycles. The van der Waals surface area contributed by atoms with E-state index in [-0.39, 0.29) is 6.04 Å². The summed E-state index contributed by atoms with van der Waals surface area (Å²) in [6, 6.07) is 0.206. The summed E-state index contributed by atoms with van der Waals surface area (Å²) < 4.78 is 5.46. The molecule has 6 heteroatoms. The van der Waals surface area contributed by atoms with E-state index in [1.54, 1.807) is 6.92 Å². The number of rotatable bonds is 2. The summed E-state index contributed by atoms with van der Waals surface area (Å²) in [5.41, 5.74) is 6.88. The molecule has 1 aromatic heterocycles. The van der Waals surface area contributed by atoms with Gasteiger partial charge in [0, 0.05) is 17.6 Å². The second kappa shape index (κ2) is 3.57. The van der Waals surface area contributed by atoms with Crippen LogP contribution in [0.4, 0.5) is 0 Å². The number of hydrogen-bond acceptors (Lipinski definition) is 5. The van der Waals surface area contributed by atoms with E-state index >= 15 is 0 Å². The quantitative estimate of drug-likeness (QED) is 0.694. The largest absolute Gasteiger partial charge is 0.253 e. The van der Waals surface area contributed by atoms with Crippen LogP contribution in [-0.4, -0.2) is 15.1 Å². The molecule has 0 fully saturated rings. The normalized spacial score (nSPS) is 12.5. The molecule has 0 aromatic carbocycles. The average molecular weight is 185 g/mol. The van der Waals surface area contributed by atoms with Crippen molar-refractivity contribution in [3.8, 4) is 0 Å². The van der Waals surface area contributed by atoms with Gasteiger partial charge in [-0.05, 0) is 20.8 Å². The van der Waals surface area contributed by atoms with Gasteiger partial charge in [-0.2, -0.15) is 14.6 Å². The van der Waals surface area contributed by atoms with Gasteiger partial charge in [0.05, 0.1) is 0 Å². The van der Waals surface area contributed by atoms with Crippen LogP contribution in [0, 0.1) is 12.5 Å². The van der Waals surface area contributed by atoms with Crippen molar-refractivity contribution in [1.82, 2.24) is 9.05 Å². The van der Waals surface area contributed by atoms with Crippen LogP contribution in [0.2, 0.25) is 0 Å². The zero-order valence-corrected chi connectivity index (χ0v) is 8.09. The van der Waals surface area contributed by atoms with Crippen molar-refractivity contribution in [2.24, 2.45) is 10.2 Å². The third-order valence-corrected chi connectivity index (χ3v) is 2.01. The smallest absolute Gasteiger partial charge is 0.227 e. The van der Waals surface area contributed by atoms with Crippen molar-refractivity contribution in [1.29, 1.82) is 5.53 Å². The van der Waals surface area contributed by atoms with Crippen LogP contribution in [-0.2, 0) is 0 Å². The summed E-state index contributed by atoms with van der Waals surface area (Å²) in [6.45, 7) is 5.75. The predicted octanol–water partition coefficient (Wildman–Crippen LogP) is 1.36. The van der Waals surface area contributed by atoms with E-state index in [1.165, 1.54) is 16.2 Å². The second-order valence-corrected chi connectivity index (χ2v) is 3.38. The minimum atomic E-state index is 0.206. The summed E-state index contributed by atoms with van der Waals surface area (Å²) in [5, 5.41) is 3.30. The van der Waals surface area contributed by atoms with Crippen LogP contribution in [0.5, 0.6) is 0 Å². The van der Waals surface area contributed by atoms with Gasteiger partial charge in [-0.3, -0.25) is 4.99 Å². The van der Waals surface area contributed by atoms with Gasteiger partial charge in [-0.25, -0.2) is 0 Å². The van der Waals surface area contributed by atoms with E-state index in [2.05, 4.69) is 14.6 Å². The van der Waals surface area contributed by atoms with Gasteiger partial charge in [0.25, 0.3) is 0 Å². The molecule has 1 aromatic rings. The first-order chi connectivity index (χ1) is 5.65. The number of hydrogen-bond donors (Lipinski definition) is 1. The molecule has 0 amide bonds. The molecule has 0 atom stereocenters. The van der Waals surface area contributed by atoms with E-state index in [9.17, 15) is 0 Å². The van der Waals surface area contributed by atoms with Crippen molar-refractivity contribution >= 4 is 11.5 Å². The van der Waals surface area contributed by atoms with Crippen LogP contribution < -0.4 is 4.80 Å². The summed E-state index contributed by atoms with van der Waals surface area (Å²) in [6.07, 6.45) is 0. The van der Waals surface area contributed by atoms with Crippen molar-refractivity contribution in [2.75, 3.05) is 0 Å². The van der Waals surface area contributed by atoms with Gasteiger partial charge < -0.3 is 0 Å². The van der Waals surface area contributed by atoms with Gasteiger partial charge in [0.1, 0.15) is 5.82 Å². The van der Waals surface area contributed by atoms with E-state index in [0.717, 1.165) is 0 Å². The number of aryl methyl sites for hydroxylation is 1. The highest BCUT2D eigenvalue weighted by Gasteiger charge is 2.00. The average Bonchev–Trinajstić information content (AvgIpc) is 2.30. The fraction of sp³-hybridized carbons (Fsp3) is 0.667. The highest BCUT2D eigenvalue weighted by atomic mass is 32.1. The summed E-state index contributed by atoms with van der Waals surface area (Å²) >= 11 is 1.26. The van der Waals surface area contributed by atoms with Gasteiger partial charge >= 0.3 is 0 Å². The maximum atomic E-state index is 6.88. The minimum Gasteiger partial charge on any atom is -0.253 e. The van der Waals surface area contributed by atoms with Gasteiger partial charge in [0.15, 0.2) is 0 Å². The molecule has 0 unspecified atom stereocenters. The van der Waals surface area contributed by atoms with E-state index in [4.69, 9.17) is 5.53 Å². The molecule has 1 heterocycles. The lowest BCUT2D eigenvalue weighted by atomic mass is 10.4. The van der Waals surface area contributed by atoms with E-state index in [1.807, 2.05) is 13.8 Å². The van der Waals surface area contributed by atoms with Crippen LogP contribution in [0.15, 0.2) is 10.2 Å². The van der Waals surface area contributed by atoms with Gasteiger partial charge in [-0.15, -0.1) is 0 Å². The molecule has 12 heavy (non-hydrogen) atoms. The molecule has 0 bridgehead atoms. The van der Waals surface area contributed by atoms with Crippen molar-refractivity contribution in [3.05, 3.63) is 10.6 Å². The lowest BCUT2D eigenvalue weighted by Crippen LogP contribution is -2.13. The molecule has 66 valence electrons. The first-order valence-electron chi connectivity index (χ1n) is 3.62. The zero-order chi connectivity index (χ0) is 9.14. The Bertz CT molecular complexity index is 334. The first kappa shape index (κ1) is 9.05. The molecule has 1 rings (SSSR count). The molecule has 5 nitrogen and oxygen atoms in total. The molecule has 0 spiro atoms. The van der Waals surface area contributed by atoms with Gasteiger partial charge in [-0.1, -0.05) is 5.22 Å². The third-order valence-electron chi connectivity index (χ3n) is 1.22. The highest BCUT2D eigenvalue weighted by Crippen LogP contribution is 1.93. The van der Waals surface area contributed by atoms with Crippen molar-refractivity contribution in [2.45, 2.75) is 26.8 Å². The zero-order valence-electron chi connectivity index (χ0n) is 7.27. The molecule has 0 aliphatic rings. The first-order valence-corrected chi connectivity index (χ1v) is 4.39. The molecule has 1 N–H and O–H groups in total. The Morgan fingerprint density at radius 3 is 2.75 bits per heavy atom. The lowest BCUT2D eigenvalue weighted by Gasteiger charge is -1.93. The predicted molar refractivity (Wildman–Crippen MR) is 46.1 cm³/mol. The third kappa shape index (κ3) is 1.76. The summed E-state index contributed by atoms with van der Waals surface area (Å²) in [4.78, 5) is 4.93. The molecule has 0 radical (unpaired) electrons. The molecular formula is C6H11N5S. The highest BCUT2D eigenvalue weighted by molar-refractivity contribution is 7.02. The molecule has 0 saturated heterocycles. The summed E-state index contributed by atoms with van der Waals surface area (Å²) in [5.74, 6) is 0.703. The van der Waals surface area contributed by atoms with Crippen molar-refractivity contribution < 1.29 is 0 Å². The van der Waals surface area contributed by atoms with Crippen LogP contribution >= 0.6 is 11.5 Å². The second-order valence-electron chi connectivity index (χ2n) is 2.65. The monoisotopic (exact) mass is 185 g/mol. The Morgan fingerprint density at radius 2 is 2.25 bits per heavy atom. The van der Waals surface area contributed by atoms with Crippen LogP contribution in [0.1, 0.15) is 19.7 Å². The maximum Gasteiger partial charge on any atom is 0.227 e. The standard InChI is InChI=1S/C6H11N5S/c1-4(2)8-6-11(10-7)5(3)9-12-6/h4,7H,1-3H3. The van der Waals surface area contributed by atoms with Crippen LogP contribution in [0.3, 0.4) is 0 Å². The summed E-state index contributed by atoms with van der Waals surface area (Å²) in [7, 11) is 0. The number of nitrogens with one attached hydrogen (secondary N) is 1. The SMILES string of the molecule is Cc1nsc(=NC(C)C)n1N=N. The van der Waals surface area contributed by atoms with Crippen molar-refractivity contribution in [3.63, 3.8) is 0 Å². The lowest BCUT2D eigenvalue weighted by molar-refractivity contribution is 0.678. The Labute approximate surface area is 74.4 Å². The fourth-order valence-electron chi connectivity index (χ4n) is 0.737. The minimum absolute atomic E-state index is 0.206. The molecule has 0 saturated carbocycles. The molecular weight excluding hydrogens is 174 g/mol. The number of nitrogens with zero attached hydrogens (tertiary/aromatic N) is 4. The Hall–Kier alpha value is -1.04. The van der Waals surface area contributed by atoms with E-state index < -0.39 is 0 Å². The Balaban J connectivity index is 3.24. The van der Waals surface area contributed by atoms with Gasteiger partial charge in [0.2, 0.25) is 4.80 Å². The topological polar surface area (TPSA) is 66.4 Å². The van der Waals surface area contributed by atoms with E-state index in [0.29, 0.717) is 10.6 Å². The Morgan fingerprint density at radius 1 is 1.58 bits per heavy atom. The molecule has 0 aliphatic heterocycles. The van der Waals surface area contributed by atoms with Crippen LogP contribution in [0.25, 0.3) is 0 Å².